The van der Waals surface area contributed by atoms with Crippen molar-refractivity contribution in [2.75, 3.05) is 13.1 Å². The summed E-state index contributed by atoms with van der Waals surface area (Å²) in [6.45, 7) is 6.00. The number of hydrogen-bond acceptors (Lipinski definition) is 4. The third kappa shape index (κ3) is 2.58. The molecule has 4 atom stereocenters. The van der Waals surface area contributed by atoms with Crippen molar-refractivity contribution in [3.8, 4) is 0 Å². The highest BCUT2D eigenvalue weighted by Gasteiger charge is 2.54. The van der Waals surface area contributed by atoms with Gasteiger partial charge in [-0.25, -0.2) is 4.79 Å². The molecule has 31 heavy (non-hydrogen) atoms. The number of nitrogens with one attached hydrogen (secondary N) is 1. The minimum absolute atomic E-state index is 0.0490. The summed E-state index contributed by atoms with van der Waals surface area (Å²) >= 11 is 12.9. The number of fused-ring (bicyclic) bond motifs is 4. The smallest absolute Gasteiger partial charge is 0.332 e. The van der Waals surface area contributed by atoms with E-state index in [1.165, 1.54) is 5.70 Å². The van der Waals surface area contributed by atoms with Crippen molar-refractivity contribution < 1.29 is 4.74 Å². The molecule has 2 aliphatic heterocycles. The maximum Gasteiger partial charge on any atom is 0.332 e. The SMILES string of the molecule is CC1C(n2ccn(C)c2=O)=CC2(C)O[C@H]3c4cc(Cl)cc(Cl)c4C[C@@H]3N3CCNC1=C32. The molecule has 4 aliphatic rings. The van der Waals surface area contributed by atoms with E-state index in [1.54, 1.807) is 22.4 Å². The summed E-state index contributed by atoms with van der Waals surface area (Å²) in [6, 6.07) is 4.00. The molecule has 1 N–H and O–H groups in total. The number of rotatable bonds is 1. The molecule has 1 saturated heterocycles. The molecule has 1 fully saturated rings. The van der Waals surface area contributed by atoms with Crippen molar-refractivity contribution in [2.24, 2.45) is 13.0 Å². The molecule has 3 heterocycles. The molecule has 0 spiro atoms. The normalized spacial score (nSPS) is 31.1. The number of imidazole rings is 1. The van der Waals surface area contributed by atoms with E-state index in [9.17, 15) is 4.79 Å². The van der Waals surface area contributed by atoms with Gasteiger partial charge in [0.2, 0.25) is 0 Å². The molecule has 162 valence electrons. The van der Waals surface area contributed by atoms with Crippen LogP contribution >= 0.6 is 23.2 Å². The standard InChI is InChI=1S/C23H24Cl2N4O2/c1-12-18(29-7-6-27(3)22(29)30)11-23(2)21-19(12)26-4-5-28(21)17-10-14-15(20(17)31-23)8-13(24)9-16(14)25/h6-9,11-12,17,20,26H,4-5,10H2,1-3H3/t12?,17-,20-,23?/m0/s1. The number of halogens is 2. The Morgan fingerprint density at radius 1 is 1.26 bits per heavy atom. The quantitative estimate of drug-likeness (QED) is 0.709. The summed E-state index contributed by atoms with van der Waals surface area (Å²) in [5.74, 6) is 0.0490. The van der Waals surface area contributed by atoms with Crippen molar-refractivity contribution in [3.63, 3.8) is 0 Å². The number of allylic oxidation sites excluding steroid dienone is 1. The number of nitrogens with zero attached hydrogens (tertiary/aromatic N) is 3. The van der Waals surface area contributed by atoms with E-state index in [4.69, 9.17) is 27.9 Å². The zero-order chi connectivity index (χ0) is 21.7. The van der Waals surface area contributed by atoms with Crippen LogP contribution in [0.25, 0.3) is 5.70 Å². The average Bonchev–Trinajstić information content (AvgIpc) is 3.25. The third-order valence-corrected chi connectivity index (χ3v) is 7.80. The zero-order valence-corrected chi connectivity index (χ0v) is 19.2. The maximum absolute atomic E-state index is 12.7. The summed E-state index contributed by atoms with van der Waals surface area (Å²) < 4.78 is 10.2. The molecular weight excluding hydrogens is 435 g/mol. The van der Waals surface area contributed by atoms with Crippen molar-refractivity contribution >= 4 is 28.9 Å². The number of aryl methyl sites for hydroxylation is 1. The largest absolute Gasteiger partial charge is 0.385 e. The molecule has 2 aromatic rings. The van der Waals surface area contributed by atoms with Gasteiger partial charge in [-0.05, 0) is 42.7 Å². The fourth-order valence-electron chi connectivity index (χ4n) is 5.85. The Bertz CT molecular complexity index is 1240. The first-order chi connectivity index (χ1) is 14.8. The monoisotopic (exact) mass is 458 g/mol. The molecule has 6 nitrogen and oxygen atoms in total. The first kappa shape index (κ1) is 19.5. The second-order valence-corrected chi connectivity index (χ2v) is 9.95. The summed E-state index contributed by atoms with van der Waals surface area (Å²) in [6.07, 6.45) is 6.45. The summed E-state index contributed by atoms with van der Waals surface area (Å²) in [5.41, 5.74) is 4.72. The number of aromatic nitrogens is 2. The minimum atomic E-state index is -0.669. The Balaban J connectivity index is 1.53. The predicted molar refractivity (Wildman–Crippen MR) is 121 cm³/mol. The Morgan fingerprint density at radius 2 is 2.06 bits per heavy atom. The van der Waals surface area contributed by atoms with Gasteiger partial charge in [0.15, 0.2) is 0 Å². The minimum Gasteiger partial charge on any atom is -0.385 e. The number of ether oxygens (including phenoxy) is 1. The Kier molecular flexibility index (Phi) is 4.05. The first-order valence-electron chi connectivity index (χ1n) is 10.7. The van der Waals surface area contributed by atoms with Crippen LogP contribution in [0, 0.1) is 5.92 Å². The van der Waals surface area contributed by atoms with Crippen LogP contribution in [0.4, 0.5) is 0 Å². The molecule has 2 aliphatic carbocycles. The molecular formula is C23H24Cl2N4O2. The summed E-state index contributed by atoms with van der Waals surface area (Å²) in [4.78, 5) is 15.2. The first-order valence-corrected chi connectivity index (χ1v) is 11.4. The number of morpholine rings is 1. The van der Waals surface area contributed by atoms with Crippen molar-refractivity contribution in [1.29, 1.82) is 0 Å². The van der Waals surface area contributed by atoms with Gasteiger partial charge >= 0.3 is 5.69 Å². The van der Waals surface area contributed by atoms with Crippen molar-refractivity contribution in [3.05, 3.63) is 73.7 Å². The van der Waals surface area contributed by atoms with Crippen molar-refractivity contribution in [1.82, 2.24) is 19.4 Å². The van der Waals surface area contributed by atoms with E-state index < -0.39 is 5.60 Å². The zero-order valence-electron chi connectivity index (χ0n) is 17.7. The molecule has 0 radical (unpaired) electrons. The van der Waals surface area contributed by atoms with Gasteiger partial charge in [-0.15, -0.1) is 0 Å². The maximum atomic E-state index is 12.7. The van der Waals surface area contributed by atoms with E-state index in [-0.39, 0.29) is 23.8 Å². The highest BCUT2D eigenvalue weighted by Crippen LogP contribution is 2.54. The molecule has 0 saturated carbocycles. The van der Waals surface area contributed by atoms with Crippen molar-refractivity contribution in [2.45, 2.75) is 38.0 Å². The molecule has 1 aromatic carbocycles. The molecule has 2 unspecified atom stereocenters. The number of benzene rings is 1. The van der Waals surface area contributed by atoms with Crippen LogP contribution in [0.5, 0.6) is 0 Å². The van der Waals surface area contributed by atoms with Gasteiger partial charge < -0.3 is 19.5 Å². The topological polar surface area (TPSA) is 51.4 Å². The van der Waals surface area contributed by atoms with Gasteiger partial charge in [0.05, 0.1) is 11.7 Å². The van der Waals surface area contributed by atoms with Crippen LogP contribution in [0.3, 0.4) is 0 Å². The highest BCUT2D eigenvalue weighted by molar-refractivity contribution is 6.35. The van der Waals surface area contributed by atoms with E-state index in [0.717, 1.165) is 42.0 Å². The fourth-order valence-corrected chi connectivity index (χ4v) is 6.44. The van der Waals surface area contributed by atoms with E-state index in [1.807, 2.05) is 18.3 Å². The van der Waals surface area contributed by atoms with E-state index in [0.29, 0.717) is 10.0 Å². The fraction of sp³-hybridized carbons (Fsp3) is 0.435. The van der Waals surface area contributed by atoms with Crippen LogP contribution in [0.1, 0.15) is 31.1 Å². The van der Waals surface area contributed by atoms with Gasteiger partial charge in [-0.2, -0.15) is 0 Å². The summed E-state index contributed by atoms with van der Waals surface area (Å²) in [7, 11) is 1.77. The molecule has 1 aromatic heterocycles. The molecule has 8 heteroatoms. The van der Waals surface area contributed by atoms with Gasteiger partial charge in [0, 0.05) is 59.9 Å². The number of hydrogen-bond donors (Lipinski definition) is 1. The molecule has 0 amide bonds. The van der Waals surface area contributed by atoms with Crippen LogP contribution in [-0.2, 0) is 18.2 Å². The highest BCUT2D eigenvalue weighted by atomic mass is 35.5. The van der Waals surface area contributed by atoms with Crippen LogP contribution in [0.2, 0.25) is 10.0 Å². The lowest BCUT2D eigenvalue weighted by molar-refractivity contribution is -0.121. The van der Waals surface area contributed by atoms with Crippen LogP contribution in [-0.4, -0.2) is 38.8 Å². The second kappa shape index (κ2) is 6.44. The van der Waals surface area contributed by atoms with E-state index in [2.05, 4.69) is 30.1 Å². The van der Waals surface area contributed by atoms with Crippen LogP contribution in [0.15, 0.2) is 46.8 Å². The van der Waals surface area contributed by atoms with Gasteiger partial charge in [0.1, 0.15) is 11.7 Å². The average molecular weight is 459 g/mol. The Morgan fingerprint density at radius 3 is 2.81 bits per heavy atom. The van der Waals surface area contributed by atoms with Gasteiger partial charge in [0.25, 0.3) is 0 Å². The lowest BCUT2D eigenvalue weighted by Crippen LogP contribution is -2.60. The Hall–Kier alpha value is -2.15. The Labute approximate surface area is 190 Å². The van der Waals surface area contributed by atoms with Crippen LogP contribution < -0.4 is 11.0 Å². The lowest BCUT2D eigenvalue weighted by atomic mass is 9.81. The lowest BCUT2D eigenvalue weighted by Gasteiger charge is -2.55. The molecule has 6 rings (SSSR count). The van der Waals surface area contributed by atoms with Gasteiger partial charge in [-0.3, -0.25) is 4.57 Å². The summed E-state index contributed by atoms with van der Waals surface area (Å²) in [5, 5.41) is 4.96. The second-order valence-electron chi connectivity index (χ2n) is 9.11. The van der Waals surface area contributed by atoms with Gasteiger partial charge in [-0.1, -0.05) is 30.1 Å². The van der Waals surface area contributed by atoms with E-state index >= 15 is 0 Å². The molecule has 0 bridgehead atoms. The predicted octanol–water partition coefficient (Wildman–Crippen LogP) is 3.56. The third-order valence-electron chi connectivity index (χ3n) is 7.24.